The summed E-state index contributed by atoms with van der Waals surface area (Å²) in [6, 6.07) is 18.8. The van der Waals surface area contributed by atoms with Gasteiger partial charge in [-0.2, -0.15) is 15.8 Å². The molecule has 4 rings (SSSR count). The number of ether oxygens (including phenoxy) is 2. The van der Waals surface area contributed by atoms with Crippen molar-refractivity contribution in [3.05, 3.63) is 56.7 Å². The molecular formula is C20H13BrN4O2S. The van der Waals surface area contributed by atoms with Gasteiger partial charge in [0.25, 0.3) is 0 Å². The summed E-state index contributed by atoms with van der Waals surface area (Å²) in [5.74, 6) is -2.59. The van der Waals surface area contributed by atoms with Crippen LogP contribution in [-0.4, -0.2) is 11.7 Å². The Balaban J connectivity index is 2.05. The summed E-state index contributed by atoms with van der Waals surface area (Å²) in [5.41, 5.74) is -3.10. The summed E-state index contributed by atoms with van der Waals surface area (Å²) in [5, 5.41) is 39.2. The number of thiophene rings is 1. The van der Waals surface area contributed by atoms with Gasteiger partial charge in [-0.25, -0.2) is 0 Å². The van der Waals surface area contributed by atoms with Crippen molar-refractivity contribution in [1.29, 1.82) is 21.2 Å². The predicted molar refractivity (Wildman–Crippen MR) is 104 cm³/mol. The van der Waals surface area contributed by atoms with Crippen LogP contribution in [0.4, 0.5) is 0 Å². The average molecular weight is 453 g/mol. The van der Waals surface area contributed by atoms with Gasteiger partial charge in [-0.1, -0.05) is 30.3 Å². The highest BCUT2D eigenvalue weighted by molar-refractivity contribution is 9.11. The van der Waals surface area contributed by atoms with Crippen molar-refractivity contribution in [2.24, 2.45) is 10.8 Å². The van der Waals surface area contributed by atoms with Crippen LogP contribution in [0.2, 0.25) is 0 Å². The Morgan fingerprint density at radius 3 is 2.29 bits per heavy atom. The molecule has 0 radical (unpaired) electrons. The van der Waals surface area contributed by atoms with E-state index in [1.807, 2.05) is 6.07 Å². The van der Waals surface area contributed by atoms with Crippen LogP contribution in [-0.2, 0) is 9.47 Å². The van der Waals surface area contributed by atoms with Gasteiger partial charge in [-0.15, -0.1) is 11.3 Å². The summed E-state index contributed by atoms with van der Waals surface area (Å²) in [4.78, 5) is 0.616. The molecule has 1 aromatic carbocycles. The zero-order chi connectivity index (χ0) is 20.2. The maximum absolute atomic E-state index is 10.3. The Bertz CT molecular complexity index is 1080. The molecule has 1 N–H and O–H groups in total. The van der Waals surface area contributed by atoms with E-state index in [1.54, 1.807) is 43.3 Å². The molecule has 0 aliphatic carbocycles. The quantitative estimate of drug-likeness (QED) is 0.712. The highest BCUT2D eigenvalue weighted by Crippen LogP contribution is 2.69. The molecule has 1 aromatic heterocycles. The van der Waals surface area contributed by atoms with Crippen LogP contribution in [0.15, 0.2) is 46.3 Å². The van der Waals surface area contributed by atoms with E-state index < -0.39 is 34.5 Å². The minimum Gasteiger partial charge on any atom is -0.447 e. The molecule has 0 spiro atoms. The fourth-order valence-electron chi connectivity index (χ4n) is 4.36. The molecule has 2 aromatic rings. The van der Waals surface area contributed by atoms with E-state index >= 15 is 0 Å². The molecule has 4 atom stereocenters. The van der Waals surface area contributed by atoms with Crippen LogP contribution in [0, 0.1) is 50.2 Å². The lowest BCUT2D eigenvalue weighted by molar-refractivity contribution is -0.252. The zero-order valence-electron chi connectivity index (χ0n) is 14.6. The molecule has 0 amide bonds. The van der Waals surface area contributed by atoms with E-state index in [4.69, 9.17) is 14.9 Å². The molecule has 0 saturated carbocycles. The minimum absolute atomic E-state index is 0.410. The lowest BCUT2D eigenvalue weighted by Gasteiger charge is -2.48. The maximum Gasteiger partial charge on any atom is 0.218 e. The Hall–Kier alpha value is -2.70. The Labute approximate surface area is 174 Å². The minimum atomic E-state index is -1.96. The Morgan fingerprint density at radius 2 is 1.75 bits per heavy atom. The Morgan fingerprint density at radius 1 is 1.07 bits per heavy atom. The molecule has 2 saturated heterocycles. The summed E-state index contributed by atoms with van der Waals surface area (Å²) in [6.07, 6.45) is -1.04. The standard InChI is InChI=1S/C20H13BrN4O2S/c1-18-15(12-5-3-2-4-6-12)20(11-24,17(25)27-18)19(9-22,10-23)16(26-18)13-7-8-14(21)28-13/h2-8,15-16,25H,1H3. The average Bonchev–Trinajstić information content (AvgIpc) is 3.20. The van der Waals surface area contributed by atoms with E-state index in [-0.39, 0.29) is 0 Å². The number of halogens is 1. The number of rotatable bonds is 2. The second kappa shape index (κ2) is 6.15. The summed E-state index contributed by atoms with van der Waals surface area (Å²) in [7, 11) is 0. The highest BCUT2D eigenvalue weighted by Gasteiger charge is 2.79. The largest absolute Gasteiger partial charge is 0.447 e. The predicted octanol–water partition coefficient (Wildman–Crippen LogP) is 4.63. The van der Waals surface area contributed by atoms with Crippen LogP contribution < -0.4 is 0 Å². The summed E-state index contributed by atoms with van der Waals surface area (Å²) in [6.45, 7) is 1.66. The van der Waals surface area contributed by atoms with Crippen LogP contribution in [0.3, 0.4) is 0 Å². The van der Waals surface area contributed by atoms with Gasteiger partial charge in [-0.05, 0) is 33.6 Å². The van der Waals surface area contributed by atoms with Crippen molar-refractivity contribution in [3.8, 4) is 18.2 Å². The monoisotopic (exact) mass is 452 g/mol. The van der Waals surface area contributed by atoms with Crippen molar-refractivity contribution in [3.63, 3.8) is 0 Å². The molecule has 8 heteroatoms. The molecule has 138 valence electrons. The zero-order valence-corrected chi connectivity index (χ0v) is 17.0. The SMILES string of the molecule is CC12OC(=N)C(C#N)(C1c1ccccc1)C(C#N)(C#N)C(c1ccc(Br)s1)O2. The normalized spacial score (nSPS) is 32.6. The van der Waals surface area contributed by atoms with Gasteiger partial charge < -0.3 is 9.47 Å². The maximum atomic E-state index is 10.3. The van der Waals surface area contributed by atoms with Gasteiger partial charge in [0.2, 0.25) is 17.1 Å². The van der Waals surface area contributed by atoms with Gasteiger partial charge >= 0.3 is 0 Å². The van der Waals surface area contributed by atoms with E-state index in [9.17, 15) is 15.8 Å². The first-order chi connectivity index (χ1) is 13.4. The molecule has 2 aliphatic rings. The highest BCUT2D eigenvalue weighted by atomic mass is 79.9. The van der Waals surface area contributed by atoms with Crippen molar-refractivity contribution >= 4 is 33.2 Å². The number of fused-ring (bicyclic) bond motifs is 2. The number of nitrogens with zero attached hydrogens (tertiary/aromatic N) is 3. The molecule has 2 bridgehead atoms. The number of hydrogen-bond acceptors (Lipinski definition) is 7. The van der Waals surface area contributed by atoms with Crippen molar-refractivity contribution in [1.82, 2.24) is 0 Å². The Kier molecular flexibility index (Phi) is 4.10. The van der Waals surface area contributed by atoms with E-state index in [2.05, 4.69) is 34.1 Å². The van der Waals surface area contributed by atoms with Crippen molar-refractivity contribution in [2.45, 2.75) is 24.7 Å². The van der Waals surface area contributed by atoms with Gasteiger partial charge in [0.15, 0.2) is 5.41 Å². The summed E-state index contributed by atoms with van der Waals surface area (Å²) >= 11 is 4.71. The van der Waals surface area contributed by atoms with Crippen LogP contribution in [0.25, 0.3) is 0 Å². The first-order valence-electron chi connectivity index (χ1n) is 8.38. The molecule has 4 unspecified atom stereocenters. The first kappa shape index (κ1) is 18.7. The van der Waals surface area contributed by atoms with Crippen LogP contribution in [0.5, 0.6) is 0 Å². The number of hydrogen-bond donors (Lipinski definition) is 1. The second-order valence-corrected chi connectivity index (χ2v) is 9.38. The molecule has 3 heterocycles. The van der Waals surface area contributed by atoms with Gasteiger partial charge in [0.05, 0.1) is 27.9 Å². The number of nitrogens with one attached hydrogen (secondary N) is 1. The first-order valence-corrected chi connectivity index (χ1v) is 9.99. The smallest absolute Gasteiger partial charge is 0.218 e. The number of nitriles is 3. The molecule has 6 nitrogen and oxygen atoms in total. The van der Waals surface area contributed by atoms with E-state index in [0.29, 0.717) is 10.4 Å². The molecule has 2 aliphatic heterocycles. The van der Waals surface area contributed by atoms with E-state index in [1.165, 1.54) is 11.3 Å². The van der Waals surface area contributed by atoms with Crippen LogP contribution in [0.1, 0.15) is 29.4 Å². The third-order valence-electron chi connectivity index (χ3n) is 5.50. The third-order valence-corrected chi connectivity index (χ3v) is 7.17. The number of benzene rings is 1. The van der Waals surface area contributed by atoms with Crippen molar-refractivity contribution < 1.29 is 9.47 Å². The lowest BCUT2D eigenvalue weighted by Crippen LogP contribution is -2.57. The topological polar surface area (TPSA) is 114 Å². The molecular weight excluding hydrogens is 440 g/mol. The second-order valence-electron chi connectivity index (χ2n) is 6.88. The third kappa shape index (κ3) is 2.10. The molecule has 2 fully saturated rings. The van der Waals surface area contributed by atoms with Gasteiger partial charge in [0.1, 0.15) is 6.10 Å². The lowest BCUT2D eigenvalue weighted by atomic mass is 9.53. The van der Waals surface area contributed by atoms with Crippen LogP contribution >= 0.6 is 27.3 Å². The van der Waals surface area contributed by atoms with Crippen molar-refractivity contribution in [2.75, 3.05) is 0 Å². The summed E-state index contributed by atoms with van der Waals surface area (Å²) < 4.78 is 12.8. The van der Waals surface area contributed by atoms with E-state index in [0.717, 1.165) is 3.79 Å². The van der Waals surface area contributed by atoms with Gasteiger partial charge in [0, 0.05) is 11.8 Å². The van der Waals surface area contributed by atoms with Gasteiger partial charge in [-0.3, -0.25) is 5.41 Å². The molecule has 28 heavy (non-hydrogen) atoms. The fourth-order valence-corrected chi connectivity index (χ4v) is 5.88. The fraction of sp³-hybridized carbons (Fsp3) is 0.300.